The van der Waals surface area contributed by atoms with Crippen molar-refractivity contribution in [1.29, 1.82) is 0 Å². The predicted molar refractivity (Wildman–Crippen MR) is 167 cm³/mol. The minimum absolute atomic E-state index is 0.0511. The number of H-pyrrole nitrogens is 1. The third-order valence-electron chi connectivity index (χ3n) is 10.1. The van der Waals surface area contributed by atoms with E-state index in [2.05, 4.69) is 20.1 Å². The molecule has 11 nitrogen and oxygen atoms in total. The zero-order chi connectivity index (χ0) is 29.7. The maximum Gasteiger partial charge on any atom is 0.317 e. The number of phenols is 1. The number of benzene rings is 1. The van der Waals surface area contributed by atoms with Crippen LogP contribution >= 0.6 is 0 Å². The molecule has 11 heteroatoms. The number of piperidine rings is 1. The second-order valence-corrected chi connectivity index (χ2v) is 12.8. The highest BCUT2D eigenvalue weighted by Gasteiger charge is 2.55. The molecule has 0 unspecified atom stereocenters. The van der Waals surface area contributed by atoms with E-state index in [1.165, 1.54) is 18.4 Å². The predicted octanol–water partition coefficient (Wildman–Crippen LogP) is 3.10. The van der Waals surface area contributed by atoms with Crippen LogP contribution in [0.5, 0.6) is 5.75 Å². The number of para-hydroxylation sites is 1. The fraction of sp³-hybridized carbons (Fsp3) is 0.469. The van der Waals surface area contributed by atoms with Crippen molar-refractivity contribution < 1.29 is 9.90 Å². The van der Waals surface area contributed by atoms with E-state index in [9.17, 15) is 9.90 Å². The lowest BCUT2D eigenvalue weighted by atomic mass is 9.60. The number of nitrogen functional groups attached to an aromatic ring is 1. The highest BCUT2D eigenvalue weighted by Crippen LogP contribution is 2.51. The zero-order valence-electron chi connectivity index (χ0n) is 24.7. The molecule has 7 rings (SSSR count). The molecule has 1 spiro atoms. The van der Waals surface area contributed by atoms with Crippen LogP contribution in [0.15, 0.2) is 36.7 Å². The SMILES string of the molecule is CNC(=O)N1CC2(CC(N3CCC(c4cnc(N5CCc6[nH]c(N)c(/C=C(\N)c7ccccc7O)c6C5)nc4)CC3)C2)C1. The van der Waals surface area contributed by atoms with Crippen LogP contribution < -0.4 is 21.7 Å². The molecule has 7 N–H and O–H groups in total. The first-order valence-electron chi connectivity index (χ1n) is 15.3. The van der Waals surface area contributed by atoms with Gasteiger partial charge in [0.15, 0.2) is 0 Å². The zero-order valence-corrected chi connectivity index (χ0v) is 24.7. The Hall–Kier alpha value is -4.25. The second-order valence-electron chi connectivity index (χ2n) is 12.8. The van der Waals surface area contributed by atoms with Gasteiger partial charge in [0.05, 0.1) is 0 Å². The van der Waals surface area contributed by atoms with Crippen LogP contribution in [0.1, 0.15) is 59.5 Å². The number of phenolic OH excluding ortho intramolecular Hbond substituents is 1. The highest BCUT2D eigenvalue weighted by atomic mass is 16.3. The fourth-order valence-electron chi connectivity index (χ4n) is 7.65. The Morgan fingerprint density at radius 3 is 2.56 bits per heavy atom. The third-order valence-corrected chi connectivity index (χ3v) is 10.1. The molecule has 2 amide bonds. The summed E-state index contributed by atoms with van der Waals surface area (Å²) in [6.07, 6.45) is 11.4. The second kappa shape index (κ2) is 10.8. The largest absolute Gasteiger partial charge is 0.507 e. The summed E-state index contributed by atoms with van der Waals surface area (Å²) in [6.45, 7) is 5.45. The van der Waals surface area contributed by atoms with Crippen LogP contribution in [0.3, 0.4) is 0 Å². The number of rotatable bonds is 5. The average molecular weight is 584 g/mol. The molecule has 43 heavy (non-hydrogen) atoms. The van der Waals surface area contributed by atoms with Crippen molar-refractivity contribution in [2.24, 2.45) is 11.1 Å². The van der Waals surface area contributed by atoms with E-state index in [0.29, 0.717) is 41.0 Å². The van der Waals surface area contributed by atoms with Crippen LogP contribution in [-0.4, -0.2) is 81.7 Å². The molecule has 0 radical (unpaired) electrons. The van der Waals surface area contributed by atoms with E-state index >= 15 is 0 Å². The van der Waals surface area contributed by atoms with E-state index in [4.69, 9.17) is 21.4 Å². The Bertz CT molecular complexity index is 1530. The number of nitrogens with zero attached hydrogens (tertiary/aromatic N) is 5. The highest BCUT2D eigenvalue weighted by molar-refractivity contribution is 5.86. The van der Waals surface area contributed by atoms with E-state index in [1.54, 1.807) is 25.2 Å². The number of likely N-dealkylation sites (tertiary alicyclic amines) is 2. The molecule has 0 atom stereocenters. The molecular formula is C32H41N9O2. The van der Waals surface area contributed by atoms with E-state index in [0.717, 1.165) is 74.8 Å². The fourth-order valence-corrected chi connectivity index (χ4v) is 7.65. The summed E-state index contributed by atoms with van der Waals surface area (Å²) in [5, 5.41) is 13.0. The van der Waals surface area contributed by atoms with Gasteiger partial charge in [-0.25, -0.2) is 14.8 Å². The molecule has 1 aromatic carbocycles. The minimum atomic E-state index is 0.0511. The number of nitrogens with one attached hydrogen (secondary N) is 2. The number of aromatic hydroxyl groups is 1. The number of hydrogen-bond donors (Lipinski definition) is 5. The number of aromatic nitrogens is 3. The van der Waals surface area contributed by atoms with Gasteiger partial charge in [0.1, 0.15) is 11.6 Å². The molecule has 4 aliphatic rings. The van der Waals surface area contributed by atoms with Gasteiger partial charge in [0.25, 0.3) is 0 Å². The molecule has 5 heterocycles. The standard InChI is InChI=1S/C32H41N9O2/c1-35-31(43)41-18-32(19-41)13-22(14-32)39-9-6-20(7-10-39)21-15-36-30(37-16-21)40-11-8-27-25(17-40)24(29(34)38-27)12-26(33)23-4-2-3-5-28(23)42/h2-5,12,15-16,20,22,38,42H,6-11,13-14,17-19,33-34H2,1H3,(H,35,43)/b26-12-. The topological polar surface area (TPSA) is 153 Å². The first-order valence-corrected chi connectivity index (χ1v) is 15.3. The van der Waals surface area contributed by atoms with Gasteiger partial charge in [0, 0.05) is 91.6 Å². The molecule has 3 aromatic rings. The summed E-state index contributed by atoms with van der Waals surface area (Å²) in [6, 6.07) is 7.75. The summed E-state index contributed by atoms with van der Waals surface area (Å²) < 4.78 is 0. The van der Waals surface area contributed by atoms with Crippen molar-refractivity contribution >= 4 is 29.6 Å². The molecule has 1 aliphatic carbocycles. The number of carbonyl (C=O) groups excluding carboxylic acids is 1. The maximum absolute atomic E-state index is 11.8. The average Bonchev–Trinajstić information content (AvgIpc) is 3.30. The molecule has 3 fully saturated rings. The van der Waals surface area contributed by atoms with Gasteiger partial charge in [-0.3, -0.25) is 0 Å². The molecular weight excluding hydrogens is 542 g/mol. The van der Waals surface area contributed by atoms with E-state index in [-0.39, 0.29) is 11.8 Å². The summed E-state index contributed by atoms with van der Waals surface area (Å²) in [4.78, 5) is 31.5. The third kappa shape index (κ3) is 5.05. The number of carbonyl (C=O) groups is 1. The lowest BCUT2D eigenvalue weighted by molar-refractivity contribution is -0.0930. The van der Waals surface area contributed by atoms with Crippen molar-refractivity contribution in [3.63, 3.8) is 0 Å². The van der Waals surface area contributed by atoms with Gasteiger partial charge >= 0.3 is 6.03 Å². The first kappa shape index (κ1) is 27.6. The van der Waals surface area contributed by atoms with Crippen molar-refractivity contribution in [3.05, 3.63) is 64.6 Å². The number of nitrogens with two attached hydrogens (primary N) is 2. The summed E-state index contributed by atoms with van der Waals surface area (Å²) in [5.74, 6) is 1.92. The Morgan fingerprint density at radius 1 is 1.14 bits per heavy atom. The Balaban J connectivity index is 0.955. The summed E-state index contributed by atoms with van der Waals surface area (Å²) in [7, 11) is 1.70. The first-order chi connectivity index (χ1) is 20.8. The lowest BCUT2D eigenvalue weighted by Gasteiger charge is -2.61. The number of amides is 2. The summed E-state index contributed by atoms with van der Waals surface area (Å²) >= 11 is 0. The Kier molecular flexibility index (Phi) is 6.92. The van der Waals surface area contributed by atoms with E-state index < -0.39 is 0 Å². The van der Waals surface area contributed by atoms with Crippen molar-refractivity contribution in [1.82, 2.24) is 30.1 Å². The van der Waals surface area contributed by atoms with Gasteiger partial charge in [-0.1, -0.05) is 12.1 Å². The van der Waals surface area contributed by atoms with Gasteiger partial charge in [-0.05, 0) is 68.5 Å². The van der Waals surface area contributed by atoms with Crippen LogP contribution in [0.4, 0.5) is 16.6 Å². The molecule has 3 aliphatic heterocycles. The van der Waals surface area contributed by atoms with E-state index in [1.807, 2.05) is 29.4 Å². The number of aromatic amines is 1. The molecule has 0 bridgehead atoms. The number of fused-ring (bicyclic) bond motifs is 1. The monoisotopic (exact) mass is 583 g/mol. The summed E-state index contributed by atoms with van der Waals surface area (Å²) in [5.41, 5.74) is 18.4. The Labute approximate surface area is 252 Å². The minimum Gasteiger partial charge on any atom is -0.507 e. The normalized spacial score (nSPS) is 20.9. The van der Waals surface area contributed by atoms with Gasteiger partial charge in [0.2, 0.25) is 5.95 Å². The van der Waals surface area contributed by atoms with Gasteiger partial charge < -0.3 is 41.6 Å². The van der Waals surface area contributed by atoms with Crippen LogP contribution in [-0.2, 0) is 13.0 Å². The number of anilines is 2. The van der Waals surface area contributed by atoms with Gasteiger partial charge in [-0.2, -0.15) is 0 Å². The number of hydrogen-bond acceptors (Lipinski definition) is 8. The van der Waals surface area contributed by atoms with Gasteiger partial charge in [-0.15, -0.1) is 0 Å². The number of urea groups is 1. The molecule has 226 valence electrons. The lowest BCUT2D eigenvalue weighted by Crippen LogP contribution is -2.68. The molecule has 2 aromatic heterocycles. The quantitative estimate of drug-likeness (QED) is 0.307. The van der Waals surface area contributed by atoms with Crippen molar-refractivity contribution in [2.75, 3.05) is 50.4 Å². The van der Waals surface area contributed by atoms with Crippen LogP contribution in [0.2, 0.25) is 0 Å². The maximum atomic E-state index is 11.8. The van der Waals surface area contributed by atoms with Crippen LogP contribution in [0, 0.1) is 5.41 Å². The van der Waals surface area contributed by atoms with Crippen molar-refractivity contribution in [2.45, 2.75) is 50.6 Å². The molecule has 1 saturated carbocycles. The Morgan fingerprint density at radius 2 is 1.86 bits per heavy atom. The smallest absolute Gasteiger partial charge is 0.317 e. The van der Waals surface area contributed by atoms with Crippen molar-refractivity contribution in [3.8, 4) is 5.75 Å². The molecule has 2 saturated heterocycles. The van der Waals surface area contributed by atoms with Crippen LogP contribution in [0.25, 0.3) is 11.8 Å².